The summed E-state index contributed by atoms with van der Waals surface area (Å²) in [4.78, 5) is 12.5. The van der Waals surface area contributed by atoms with Crippen molar-refractivity contribution in [1.82, 2.24) is 0 Å². The van der Waals surface area contributed by atoms with Crippen LogP contribution in [-0.4, -0.2) is 12.3 Å². The summed E-state index contributed by atoms with van der Waals surface area (Å²) in [6.07, 6.45) is -4.75. The first-order chi connectivity index (χ1) is 11.1. The van der Waals surface area contributed by atoms with Gasteiger partial charge in [-0.05, 0) is 55.8 Å². The summed E-state index contributed by atoms with van der Waals surface area (Å²) in [5, 5.41) is 3.24. The van der Waals surface area contributed by atoms with Gasteiger partial charge in [0.15, 0.2) is 0 Å². The molecule has 2 aromatic rings. The second kappa shape index (κ2) is 6.73. The number of ether oxygens (including phenoxy) is 1. The van der Waals surface area contributed by atoms with Gasteiger partial charge < -0.3 is 10.1 Å². The molecule has 0 aliphatic carbocycles. The molecule has 0 radical (unpaired) electrons. The molecule has 0 heterocycles. The van der Waals surface area contributed by atoms with E-state index in [1.165, 1.54) is 12.1 Å². The van der Waals surface area contributed by atoms with E-state index in [0.29, 0.717) is 10.7 Å². The highest BCUT2D eigenvalue weighted by atomic mass is 35.5. The lowest BCUT2D eigenvalue weighted by Gasteiger charge is -2.24. The van der Waals surface area contributed by atoms with Crippen LogP contribution in [0.4, 0.5) is 18.9 Å². The van der Waals surface area contributed by atoms with Crippen molar-refractivity contribution in [3.8, 4) is 5.75 Å². The molecule has 0 aliphatic heterocycles. The number of nitrogens with one attached hydrogen (secondary N) is 1. The minimum atomic E-state index is -4.75. The Hall–Kier alpha value is -2.21. The molecule has 0 unspecified atom stereocenters. The maximum Gasteiger partial charge on any atom is 0.573 e. The lowest BCUT2D eigenvalue weighted by Crippen LogP contribution is -2.34. The molecule has 1 amide bonds. The fourth-order valence-electron chi connectivity index (χ4n) is 2.02. The first kappa shape index (κ1) is 18.1. The van der Waals surface area contributed by atoms with E-state index in [1.54, 1.807) is 38.1 Å². The molecule has 2 rings (SSSR count). The Balaban J connectivity index is 2.09. The van der Waals surface area contributed by atoms with Crippen LogP contribution in [0, 0.1) is 0 Å². The van der Waals surface area contributed by atoms with E-state index in [4.69, 9.17) is 11.6 Å². The van der Waals surface area contributed by atoms with Crippen LogP contribution in [-0.2, 0) is 10.2 Å². The van der Waals surface area contributed by atoms with Crippen molar-refractivity contribution < 1.29 is 22.7 Å². The summed E-state index contributed by atoms with van der Waals surface area (Å²) in [7, 11) is 0. The highest BCUT2D eigenvalue weighted by Crippen LogP contribution is 2.28. The summed E-state index contributed by atoms with van der Waals surface area (Å²) in [6, 6.07) is 11.8. The van der Waals surface area contributed by atoms with Crippen LogP contribution in [0.2, 0.25) is 5.02 Å². The average Bonchev–Trinajstić information content (AvgIpc) is 2.48. The quantitative estimate of drug-likeness (QED) is 0.821. The van der Waals surface area contributed by atoms with Crippen molar-refractivity contribution in [2.45, 2.75) is 25.6 Å². The van der Waals surface area contributed by atoms with Crippen molar-refractivity contribution in [3.63, 3.8) is 0 Å². The molecule has 7 heteroatoms. The molecule has 2 aromatic carbocycles. The summed E-state index contributed by atoms with van der Waals surface area (Å²) in [5.41, 5.74) is 0.295. The Morgan fingerprint density at radius 2 is 1.54 bits per heavy atom. The molecular formula is C17H15ClF3NO2. The third kappa shape index (κ3) is 4.64. The monoisotopic (exact) mass is 357 g/mol. The summed E-state index contributed by atoms with van der Waals surface area (Å²) < 4.78 is 40.2. The van der Waals surface area contributed by atoms with Gasteiger partial charge in [-0.15, -0.1) is 13.2 Å². The van der Waals surface area contributed by atoms with Crippen LogP contribution in [0.15, 0.2) is 48.5 Å². The smallest absolute Gasteiger partial charge is 0.406 e. The van der Waals surface area contributed by atoms with E-state index in [1.807, 2.05) is 0 Å². The molecule has 0 aliphatic rings. The summed E-state index contributed by atoms with van der Waals surface area (Å²) >= 11 is 5.84. The first-order valence-corrected chi connectivity index (χ1v) is 7.39. The van der Waals surface area contributed by atoms with E-state index < -0.39 is 11.8 Å². The minimum Gasteiger partial charge on any atom is -0.406 e. The molecule has 1 N–H and O–H groups in total. The first-order valence-electron chi connectivity index (χ1n) is 7.01. The van der Waals surface area contributed by atoms with Gasteiger partial charge >= 0.3 is 6.36 Å². The Kier molecular flexibility index (Phi) is 5.08. The van der Waals surface area contributed by atoms with Crippen LogP contribution in [0.5, 0.6) is 5.75 Å². The van der Waals surface area contributed by atoms with Crippen LogP contribution in [0.1, 0.15) is 19.4 Å². The van der Waals surface area contributed by atoms with Crippen molar-refractivity contribution in [2.75, 3.05) is 5.32 Å². The Morgan fingerprint density at radius 1 is 1.00 bits per heavy atom. The summed E-state index contributed by atoms with van der Waals surface area (Å²) in [5.74, 6) is -0.647. The Labute approximate surface area is 142 Å². The van der Waals surface area contributed by atoms with Gasteiger partial charge in [0.2, 0.25) is 5.91 Å². The van der Waals surface area contributed by atoms with Gasteiger partial charge in [-0.2, -0.15) is 0 Å². The summed E-state index contributed by atoms with van der Waals surface area (Å²) in [6.45, 7) is 3.49. The molecule has 24 heavy (non-hydrogen) atoms. The molecule has 0 saturated heterocycles. The lowest BCUT2D eigenvalue weighted by molar-refractivity contribution is -0.274. The Morgan fingerprint density at radius 3 is 2.04 bits per heavy atom. The molecular weight excluding hydrogens is 343 g/mol. The topological polar surface area (TPSA) is 38.3 Å². The van der Waals surface area contributed by atoms with Gasteiger partial charge in [-0.1, -0.05) is 23.7 Å². The van der Waals surface area contributed by atoms with E-state index in [0.717, 1.165) is 17.7 Å². The molecule has 3 nitrogen and oxygen atoms in total. The van der Waals surface area contributed by atoms with E-state index in [9.17, 15) is 18.0 Å². The predicted molar refractivity (Wildman–Crippen MR) is 86.2 cm³/mol. The molecule has 0 aromatic heterocycles. The number of alkyl halides is 3. The van der Waals surface area contributed by atoms with Gasteiger partial charge in [0.1, 0.15) is 5.75 Å². The van der Waals surface area contributed by atoms with Crippen LogP contribution >= 0.6 is 11.6 Å². The van der Waals surface area contributed by atoms with Gasteiger partial charge in [0.05, 0.1) is 5.41 Å². The van der Waals surface area contributed by atoms with Crippen molar-refractivity contribution in [3.05, 3.63) is 59.1 Å². The standard InChI is InChI=1S/C17H15ClF3NO2/c1-16(2,11-3-5-12(18)6-4-11)15(23)22-13-7-9-14(10-8-13)24-17(19,20)21/h3-10H,1-2H3,(H,22,23). The maximum absolute atomic E-state index is 12.5. The zero-order chi connectivity index (χ0) is 18.0. The zero-order valence-corrected chi connectivity index (χ0v) is 13.7. The number of carbonyl (C=O) groups excluding carboxylic acids is 1. The number of rotatable bonds is 4. The number of hydrogen-bond acceptors (Lipinski definition) is 2. The Bertz CT molecular complexity index is 710. The molecule has 0 spiro atoms. The van der Waals surface area contributed by atoms with E-state index >= 15 is 0 Å². The van der Waals surface area contributed by atoms with Gasteiger partial charge in [0.25, 0.3) is 0 Å². The van der Waals surface area contributed by atoms with Gasteiger partial charge in [0, 0.05) is 10.7 Å². The van der Waals surface area contributed by atoms with Crippen LogP contribution in [0.25, 0.3) is 0 Å². The second-order valence-electron chi connectivity index (χ2n) is 5.66. The number of hydrogen-bond donors (Lipinski definition) is 1. The normalized spacial score (nSPS) is 11.9. The van der Waals surface area contributed by atoms with Gasteiger partial charge in [-0.25, -0.2) is 0 Å². The number of halogens is 4. The molecule has 0 fully saturated rings. The SMILES string of the molecule is CC(C)(C(=O)Nc1ccc(OC(F)(F)F)cc1)c1ccc(Cl)cc1. The molecule has 0 saturated carbocycles. The predicted octanol–water partition coefficient (Wildman–Crippen LogP) is 5.15. The number of carbonyl (C=O) groups is 1. The highest BCUT2D eigenvalue weighted by molar-refractivity contribution is 6.30. The number of benzene rings is 2. The third-order valence-electron chi connectivity index (χ3n) is 3.48. The third-order valence-corrected chi connectivity index (χ3v) is 3.73. The maximum atomic E-state index is 12.5. The fourth-order valence-corrected chi connectivity index (χ4v) is 2.15. The van der Waals surface area contributed by atoms with E-state index in [-0.39, 0.29) is 11.7 Å². The minimum absolute atomic E-state index is 0.297. The number of anilines is 1. The van der Waals surface area contributed by atoms with Gasteiger partial charge in [-0.3, -0.25) is 4.79 Å². The van der Waals surface area contributed by atoms with Crippen LogP contribution < -0.4 is 10.1 Å². The molecule has 128 valence electrons. The van der Waals surface area contributed by atoms with E-state index in [2.05, 4.69) is 10.1 Å². The highest BCUT2D eigenvalue weighted by Gasteiger charge is 2.31. The largest absolute Gasteiger partial charge is 0.573 e. The molecule has 0 bridgehead atoms. The van der Waals surface area contributed by atoms with Crippen molar-refractivity contribution >= 4 is 23.2 Å². The molecule has 0 atom stereocenters. The fraction of sp³-hybridized carbons (Fsp3) is 0.235. The van der Waals surface area contributed by atoms with Crippen LogP contribution in [0.3, 0.4) is 0 Å². The number of amides is 1. The zero-order valence-electron chi connectivity index (χ0n) is 12.9. The van der Waals surface area contributed by atoms with Crippen molar-refractivity contribution in [1.29, 1.82) is 0 Å². The van der Waals surface area contributed by atoms with Crippen molar-refractivity contribution in [2.24, 2.45) is 0 Å². The lowest BCUT2D eigenvalue weighted by atomic mass is 9.83. The average molecular weight is 358 g/mol. The second-order valence-corrected chi connectivity index (χ2v) is 6.09.